The molecule has 0 bridgehead atoms. The van der Waals surface area contributed by atoms with Gasteiger partial charge < -0.3 is 10.0 Å². The van der Waals surface area contributed by atoms with Crippen molar-refractivity contribution in [1.29, 1.82) is 0 Å². The largest absolute Gasteiger partial charge is 0.480 e. The number of carbonyl (C=O) groups is 2. The Morgan fingerprint density at radius 1 is 1.24 bits per heavy atom. The third kappa shape index (κ3) is 3.63. The number of carboxylic acid groups (broad SMARTS) is 1. The maximum atomic E-state index is 12.6. The molecule has 1 aliphatic carbocycles. The Labute approximate surface area is 125 Å². The van der Waals surface area contributed by atoms with E-state index in [9.17, 15) is 9.59 Å². The normalized spacial score (nSPS) is 15.1. The Hall–Kier alpha value is -1.84. The quantitative estimate of drug-likeness (QED) is 0.906. The van der Waals surface area contributed by atoms with Crippen molar-refractivity contribution in [3.8, 4) is 0 Å². The molecule has 21 heavy (non-hydrogen) atoms. The van der Waals surface area contributed by atoms with E-state index < -0.39 is 5.97 Å². The van der Waals surface area contributed by atoms with Crippen molar-refractivity contribution in [3.63, 3.8) is 0 Å². The number of amides is 1. The van der Waals surface area contributed by atoms with E-state index in [0.29, 0.717) is 5.56 Å². The van der Waals surface area contributed by atoms with Crippen LogP contribution in [0, 0.1) is 0 Å². The summed E-state index contributed by atoms with van der Waals surface area (Å²) >= 11 is 0. The van der Waals surface area contributed by atoms with Gasteiger partial charge in [-0.25, -0.2) is 0 Å². The molecule has 0 heterocycles. The smallest absolute Gasteiger partial charge is 0.323 e. The number of aliphatic carboxylic acids is 1. The van der Waals surface area contributed by atoms with E-state index in [2.05, 4.69) is 0 Å². The van der Waals surface area contributed by atoms with Gasteiger partial charge in [0, 0.05) is 11.6 Å². The molecule has 1 aromatic rings. The highest BCUT2D eigenvalue weighted by molar-refractivity contribution is 5.96. The standard InChI is InChI=1S/C17H23NO3/c1-3-12(2)18(11-16(19)20)17(21)15-9-8-13-6-4-5-7-14(13)10-15/h8-10,12H,3-7,11H2,1-2H3,(H,19,20). The van der Waals surface area contributed by atoms with Gasteiger partial charge in [-0.2, -0.15) is 0 Å². The van der Waals surface area contributed by atoms with Crippen LogP contribution in [0.25, 0.3) is 0 Å². The zero-order chi connectivity index (χ0) is 15.4. The summed E-state index contributed by atoms with van der Waals surface area (Å²) in [5.74, 6) is -1.15. The van der Waals surface area contributed by atoms with Crippen LogP contribution in [-0.4, -0.2) is 34.5 Å². The van der Waals surface area contributed by atoms with E-state index in [4.69, 9.17) is 5.11 Å². The number of rotatable bonds is 5. The molecule has 1 N–H and O–H groups in total. The Morgan fingerprint density at radius 3 is 2.52 bits per heavy atom. The second-order valence-corrected chi connectivity index (χ2v) is 5.77. The van der Waals surface area contributed by atoms with Crippen LogP contribution in [-0.2, 0) is 17.6 Å². The Bertz CT molecular complexity index is 539. The first-order valence-corrected chi connectivity index (χ1v) is 7.67. The topological polar surface area (TPSA) is 57.6 Å². The zero-order valence-corrected chi connectivity index (χ0v) is 12.8. The van der Waals surface area contributed by atoms with Crippen molar-refractivity contribution >= 4 is 11.9 Å². The van der Waals surface area contributed by atoms with Crippen LogP contribution in [0.1, 0.15) is 54.6 Å². The third-order valence-corrected chi connectivity index (χ3v) is 4.28. The van der Waals surface area contributed by atoms with Gasteiger partial charge in [0.2, 0.25) is 0 Å². The fourth-order valence-corrected chi connectivity index (χ4v) is 2.83. The first-order chi connectivity index (χ1) is 10.0. The van der Waals surface area contributed by atoms with Crippen LogP contribution in [0.15, 0.2) is 18.2 Å². The van der Waals surface area contributed by atoms with Crippen LogP contribution in [0.3, 0.4) is 0 Å². The maximum absolute atomic E-state index is 12.6. The molecule has 0 fully saturated rings. The maximum Gasteiger partial charge on any atom is 0.323 e. The molecule has 0 saturated heterocycles. The van der Waals surface area contributed by atoms with Crippen LogP contribution in [0.4, 0.5) is 0 Å². The van der Waals surface area contributed by atoms with Gasteiger partial charge in [0.05, 0.1) is 0 Å². The van der Waals surface area contributed by atoms with E-state index in [1.807, 2.05) is 32.0 Å². The summed E-state index contributed by atoms with van der Waals surface area (Å²) in [6.07, 6.45) is 5.20. The molecule has 0 radical (unpaired) electrons. The summed E-state index contributed by atoms with van der Waals surface area (Å²) in [5.41, 5.74) is 3.18. The van der Waals surface area contributed by atoms with Gasteiger partial charge in [0.1, 0.15) is 6.54 Å². The summed E-state index contributed by atoms with van der Waals surface area (Å²) in [4.78, 5) is 25.1. The Kier molecular flexibility index (Phi) is 4.99. The fraction of sp³-hybridized carbons (Fsp3) is 0.529. The van der Waals surface area contributed by atoms with E-state index in [-0.39, 0.29) is 18.5 Å². The number of hydrogen-bond donors (Lipinski definition) is 1. The predicted molar refractivity (Wildman–Crippen MR) is 81.5 cm³/mol. The molecule has 1 aliphatic rings. The van der Waals surface area contributed by atoms with E-state index >= 15 is 0 Å². The lowest BCUT2D eigenvalue weighted by atomic mass is 9.90. The van der Waals surface area contributed by atoms with Crippen molar-refractivity contribution in [1.82, 2.24) is 4.90 Å². The number of carbonyl (C=O) groups excluding carboxylic acids is 1. The molecule has 1 amide bonds. The Morgan fingerprint density at radius 2 is 1.90 bits per heavy atom. The van der Waals surface area contributed by atoms with Gasteiger partial charge in [-0.15, -0.1) is 0 Å². The number of fused-ring (bicyclic) bond motifs is 1. The van der Waals surface area contributed by atoms with E-state index in [1.54, 1.807) is 0 Å². The van der Waals surface area contributed by atoms with Gasteiger partial charge in [-0.3, -0.25) is 9.59 Å². The highest BCUT2D eigenvalue weighted by Gasteiger charge is 2.23. The van der Waals surface area contributed by atoms with Gasteiger partial charge in [-0.1, -0.05) is 13.0 Å². The second-order valence-electron chi connectivity index (χ2n) is 5.77. The van der Waals surface area contributed by atoms with Crippen LogP contribution in [0.5, 0.6) is 0 Å². The lowest BCUT2D eigenvalue weighted by Crippen LogP contribution is -2.41. The first-order valence-electron chi connectivity index (χ1n) is 7.67. The molecular formula is C17H23NO3. The third-order valence-electron chi connectivity index (χ3n) is 4.28. The second kappa shape index (κ2) is 6.74. The first kappa shape index (κ1) is 15.5. The minimum atomic E-state index is -0.971. The van der Waals surface area contributed by atoms with E-state index in [0.717, 1.165) is 25.7 Å². The molecule has 4 heteroatoms. The summed E-state index contributed by atoms with van der Waals surface area (Å²) < 4.78 is 0. The Balaban J connectivity index is 2.25. The summed E-state index contributed by atoms with van der Waals surface area (Å²) in [7, 11) is 0. The monoisotopic (exact) mass is 289 g/mol. The molecule has 1 atom stereocenters. The SMILES string of the molecule is CCC(C)N(CC(=O)O)C(=O)c1ccc2c(c1)CCCC2. The predicted octanol–water partition coefficient (Wildman–Crippen LogP) is 2.89. The molecule has 114 valence electrons. The zero-order valence-electron chi connectivity index (χ0n) is 12.8. The number of benzene rings is 1. The molecule has 1 aromatic carbocycles. The molecule has 0 spiro atoms. The average Bonchev–Trinajstić information content (AvgIpc) is 2.50. The van der Waals surface area contributed by atoms with Gasteiger partial charge >= 0.3 is 5.97 Å². The molecule has 0 saturated carbocycles. The number of hydrogen-bond acceptors (Lipinski definition) is 2. The number of nitrogens with zero attached hydrogens (tertiary/aromatic N) is 1. The van der Waals surface area contributed by atoms with Gasteiger partial charge in [0.25, 0.3) is 5.91 Å². The highest BCUT2D eigenvalue weighted by Crippen LogP contribution is 2.23. The average molecular weight is 289 g/mol. The summed E-state index contributed by atoms with van der Waals surface area (Å²) in [6.45, 7) is 3.60. The van der Waals surface area contributed by atoms with Crippen LogP contribution < -0.4 is 0 Å². The molecule has 2 rings (SSSR count). The molecule has 1 unspecified atom stereocenters. The van der Waals surface area contributed by atoms with Crippen molar-refractivity contribution in [2.45, 2.75) is 52.0 Å². The fourth-order valence-electron chi connectivity index (χ4n) is 2.83. The van der Waals surface area contributed by atoms with E-state index in [1.165, 1.54) is 22.4 Å². The van der Waals surface area contributed by atoms with Crippen LogP contribution in [0.2, 0.25) is 0 Å². The number of carboxylic acids is 1. The van der Waals surface area contributed by atoms with Crippen LogP contribution >= 0.6 is 0 Å². The van der Waals surface area contributed by atoms with Crippen molar-refractivity contribution in [3.05, 3.63) is 34.9 Å². The van der Waals surface area contributed by atoms with Gasteiger partial charge in [0.15, 0.2) is 0 Å². The van der Waals surface area contributed by atoms with Crippen molar-refractivity contribution < 1.29 is 14.7 Å². The molecule has 0 aliphatic heterocycles. The van der Waals surface area contributed by atoms with Crippen molar-refractivity contribution in [2.75, 3.05) is 6.54 Å². The minimum Gasteiger partial charge on any atom is -0.480 e. The minimum absolute atomic E-state index is 0.0790. The lowest BCUT2D eigenvalue weighted by Gasteiger charge is -2.27. The number of aryl methyl sites for hydroxylation is 2. The molecule has 4 nitrogen and oxygen atoms in total. The van der Waals surface area contributed by atoms with Gasteiger partial charge in [-0.05, 0) is 62.3 Å². The van der Waals surface area contributed by atoms with Crippen molar-refractivity contribution in [2.24, 2.45) is 0 Å². The summed E-state index contributed by atoms with van der Waals surface area (Å²) in [5, 5.41) is 9.02. The molecule has 0 aromatic heterocycles. The highest BCUT2D eigenvalue weighted by atomic mass is 16.4. The lowest BCUT2D eigenvalue weighted by molar-refractivity contribution is -0.138. The molecular weight excluding hydrogens is 266 g/mol. The summed E-state index contributed by atoms with van der Waals surface area (Å²) in [6, 6.07) is 5.74.